The first-order valence-corrected chi connectivity index (χ1v) is 6.89. The number of benzene rings is 2. The molecule has 0 heterocycles. The van der Waals surface area contributed by atoms with Crippen LogP contribution in [0, 0.1) is 11.8 Å². The molecule has 0 radical (unpaired) electrons. The van der Waals surface area contributed by atoms with E-state index in [4.69, 9.17) is 17.3 Å². The number of nitrogens with one attached hydrogen (secondary N) is 1. The minimum Gasteiger partial charge on any atom is -0.348 e. The highest BCUT2D eigenvalue weighted by molar-refractivity contribution is 6.30. The molecule has 2 rings (SSSR count). The van der Waals surface area contributed by atoms with Crippen molar-refractivity contribution in [2.75, 3.05) is 6.54 Å². The van der Waals surface area contributed by atoms with Crippen molar-refractivity contribution in [3.05, 3.63) is 70.2 Å². The molecule has 4 heteroatoms. The van der Waals surface area contributed by atoms with Crippen LogP contribution >= 0.6 is 11.6 Å². The molecule has 2 aromatic rings. The second-order valence-electron chi connectivity index (χ2n) is 4.36. The molecule has 0 bridgehead atoms. The van der Waals surface area contributed by atoms with Crippen LogP contribution in [0.3, 0.4) is 0 Å². The van der Waals surface area contributed by atoms with Crippen LogP contribution < -0.4 is 11.1 Å². The average molecular weight is 299 g/mol. The molecule has 3 N–H and O–H groups in total. The van der Waals surface area contributed by atoms with Gasteiger partial charge >= 0.3 is 0 Å². The maximum Gasteiger partial charge on any atom is 0.251 e. The molecule has 0 atom stereocenters. The number of carbonyl (C=O) groups is 1. The van der Waals surface area contributed by atoms with Crippen LogP contribution in [0.1, 0.15) is 21.5 Å². The smallest absolute Gasteiger partial charge is 0.251 e. The van der Waals surface area contributed by atoms with E-state index in [9.17, 15) is 4.79 Å². The minimum absolute atomic E-state index is 0.168. The number of hydrogen-bond acceptors (Lipinski definition) is 2. The van der Waals surface area contributed by atoms with Gasteiger partial charge in [-0.3, -0.25) is 4.79 Å². The third kappa shape index (κ3) is 4.35. The van der Waals surface area contributed by atoms with Crippen molar-refractivity contribution < 1.29 is 4.79 Å². The molecule has 0 aliphatic carbocycles. The molecule has 106 valence electrons. The summed E-state index contributed by atoms with van der Waals surface area (Å²) in [5.41, 5.74) is 7.74. The lowest BCUT2D eigenvalue weighted by molar-refractivity contribution is 0.0951. The average Bonchev–Trinajstić information content (AvgIpc) is 2.51. The summed E-state index contributed by atoms with van der Waals surface area (Å²) in [6.07, 6.45) is 0. The largest absolute Gasteiger partial charge is 0.348 e. The van der Waals surface area contributed by atoms with Crippen LogP contribution in [0.25, 0.3) is 0 Å². The Bertz CT molecular complexity index is 701. The third-order valence-electron chi connectivity index (χ3n) is 2.87. The second kappa shape index (κ2) is 7.49. The third-order valence-corrected chi connectivity index (χ3v) is 3.10. The first-order chi connectivity index (χ1) is 10.2. The maximum absolute atomic E-state index is 12.1. The van der Waals surface area contributed by atoms with Gasteiger partial charge in [-0.15, -0.1) is 0 Å². The first-order valence-electron chi connectivity index (χ1n) is 6.51. The van der Waals surface area contributed by atoms with Crippen LogP contribution in [-0.2, 0) is 6.54 Å². The monoisotopic (exact) mass is 298 g/mol. The molecule has 0 unspecified atom stereocenters. The lowest BCUT2D eigenvalue weighted by Gasteiger charge is -2.07. The highest BCUT2D eigenvalue weighted by Crippen LogP contribution is 2.11. The summed E-state index contributed by atoms with van der Waals surface area (Å²) in [5, 5.41) is 3.40. The van der Waals surface area contributed by atoms with Crippen molar-refractivity contribution in [2.24, 2.45) is 5.73 Å². The molecule has 0 fully saturated rings. The number of carbonyl (C=O) groups excluding carboxylic acids is 1. The summed E-state index contributed by atoms with van der Waals surface area (Å²) < 4.78 is 0. The number of hydrogen-bond donors (Lipinski definition) is 2. The van der Waals surface area contributed by atoms with Gasteiger partial charge in [-0.25, -0.2) is 0 Å². The molecular formula is C17H15ClN2O. The van der Waals surface area contributed by atoms with E-state index in [1.807, 2.05) is 24.3 Å². The van der Waals surface area contributed by atoms with Gasteiger partial charge in [0.15, 0.2) is 0 Å². The van der Waals surface area contributed by atoms with E-state index >= 15 is 0 Å². The van der Waals surface area contributed by atoms with E-state index in [-0.39, 0.29) is 5.91 Å². The SMILES string of the molecule is NCC#Cc1ccccc1CNC(=O)c1cccc(Cl)c1. The Balaban J connectivity index is 2.08. The van der Waals surface area contributed by atoms with Crippen LogP contribution in [0.15, 0.2) is 48.5 Å². The standard InChI is InChI=1S/C17H15ClN2O/c18-16-9-3-7-14(11-16)17(21)20-12-15-6-2-1-5-13(15)8-4-10-19/h1-3,5-7,9,11H,10,12,19H2,(H,20,21). The zero-order chi connectivity index (χ0) is 15.1. The van der Waals surface area contributed by atoms with E-state index in [1.165, 1.54) is 0 Å². The summed E-state index contributed by atoms with van der Waals surface area (Å²) in [6, 6.07) is 14.5. The lowest BCUT2D eigenvalue weighted by Crippen LogP contribution is -2.23. The Morgan fingerprint density at radius 1 is 1.19 bits per heavy atom. The highest BCUT2D eigenvalue weighted by atomic mass is 35.5. The van der Waals surface area contributed by atoms with E-state index in [0.29, 0.717) is 23.7 Å². The van der Waals surface area contributed by atoms with Gasteiger partial charge in [-0.2, -0.15) is 0 Å². The van der Waals surface area contributed by atoms with Crippen molar-refractivity contribution in [1.29, 1.82) is 0 Å². The van der Waals surface area contributed by atoms with Crippen LogP contribution in [0.4, 0.5) is 0 Å². The molecule has 0 spiro atoms. The fourth-order valence-corrected chi connectivity index (χ4v) is 2.04. The summed E-state index contributed by atoms with van der Waals surface area (Å²) in [4.78, 5) is 12.1. The Hall–Kier alpha value is -2.28. The normalized spacial score (nSPS) is 9.62. The molecule has 0 aliphatic heterocycles. The van der Waals surface area contributed by atoms with Gasteiger partial charge in [0, 0.05) is 22.7 Å². The summed E-state index contributed by atoms with van der Waals surface area (Å²) >= 11 is 5.88. The van der Waals surface area contributed by atoms with E-state index in [0.717, 1.165) is 11.1 Å². The molecular weight excluding hydrogens is 284 g/mol. The van der Waals surface area contributed by atoms with Crippen molar-refractivity contribution in [3.63, 3.8) is 0 Å². The molecule has 0 saturated heterocycles. The van der Waals surface area contributed by atoms with Crippen LogP contribution in [-0.4, -0.2) is 12.5 Å². The number of nitrogens with two attached hydrogens (primary N) is 1. The van der Waals surface area contributed by atoms with Crippen LogP contribution in [0.2, 0.25) is 5.02 Å². The Morgan fingerprint density at radius 3 is 2.76 bits per heavy atom. The predicted molar refractivity (Wildman–Crippen MR) is 85.0 cm³/mol. The van der Waals surface area contributed by atoms with Gasteiger partial charge in [0.25, 0.3) is 5.91 Å². The fraction of sp³-hybridized carbons (Fsp3) is 0.118. The minimum atomic E-state index is -0.168. The molecule has 0 aromatic heterocycles. The Morgan fingerprint density at radius 2 is 2.00 bits per heavy atom. The van der Waals surface area contributed by atoms with Crippen molar-refractivity contribution >= 4 is 17.5 Å². The molecule has 2 aromatic carbocycles. The summed E-state index contributed by atoms with van der Waals surface area (Å²) in [5.74, 6) is 5.65. The zero-order valence-corrected chi connectivity index (χ0v) is 12.2. The van der Waals surface area contributed by atoms with E-state index in [1.54, 1.807) is 24.3 Å². The zero-order valence-electron chi connectivity index (χ0n) is 11.4. The number of rotatable bonds is 3. The van der Waals surface area contributed by atoms with Gasteiger partial charge in [0.05, 0.1) is 6.54 Å². The van der Waals surface area contributed by atoms with Gasteiger partial charge in [-0.05, 0) is 29.8 Å². The molecule has 0 saturated carbocycles. The van der Waals surface area contributed by atoms with Crippen molar-refractivity contribution in [3.8, 4) is 11.8 Å². The van der Waals surface area contributed by atoms with Gasteiger partial charge in [0.1, 0.15) is 0 Å². The highest BCUT2D eigenvalue weighted by Gasteiger charge is 2.06. The number of amides is 1. The van der Waals surface area contributed by atoms with Crippen molar-refractivity contribution in [1.82, 2.24) is 5.32 Å². The number of halogens is 1. The van der Waals surface area contributed by atoms with E-state index < -0.39 is 0 Å². The van der Waals surface area contributed by atoms with Crippen molar-refractivity contribution in [2.45, 2.75) is 6.54 Å². The molecule has 21 heavy (non-hydrogen) atoms. The quantitative estimate of drug-likeness (QED) is 0.856. The summed E-state index contributed by atoms with van der Waals surface area (Å²) in [7, 11) is 0. The topological polar surface area (TPSA) is 55.1 Å². The lowest BCUT2D eigenvalue weighted by atomic mass is 10.1. The van der Waals surface area contributed by atoms with Crippen LogP contribution in [0.5, 0.6) is 0 Å². The van der Waals surface area contributed by atoms with E-state index in [2.05, 4.69) is 17.2 Å². The molecule has 3 nitrogen and oxygen atoms in total. The summed E-state index contributed by atoms with van der Waals surface area (Å²) in [6.45, 7) is 0.712. The molecule has 0 aliphatic rings. The van der Waals surface area contributed by atoms with Gasteiger partial charge in [-0.1, -0.05) is 47.7 Å². The first kappa shape index (κ1) is 15.1. The Labute approximate surface area is 129 Å². The van der Waals surface area contributed by atoms with Gasteiger partial charge in [0.2, 0.25) is 0 Å². The molecule has 1 amide bonds. The predicted octanol–water partition coefficient (Wildman–Crippen LogP) is 2.58. The second-order valence-corrected chi connectivity index (χ2v) is 4.79. The fourth-order valence-electron chi connectivity index (χ4n) is 1.85. The Kier molecular flexibility index (Phi) is 5.39. The van der Waals surface area contributed by atoms with Gasteiger partial charge < -0.3 is 11.1 Å². The maximum atomic E-state index is 12.1.